The highest BCUT2D eigenvalue weighted by atomic mass is 16.5. The first kappa shape index (κ1) is 19.3. The Morgan fingerprint density at radius 3 is 2.43 bits per heavy atom. The predicted octanol–water partition coefficient (Wildman–Crippen LogP) is 4.69. The van der Waals surface area contributed by atoms with Gasteiger partial charge in [0.1, 0.15) is 23.9 Å². The number of benzene rings is 3. The van der Waals surface area contributed by atoms with Gasteiger partial charge in [-0.2, -0.15) is 0 Å². The molecule has 0 atom stereocenters. The van der Waals surface area contributed by atoms with E-state index in [1.54, 1.807) is 31.5 Å². The van der Waals surface area contributed by atoms with E-state index in [-0.39, 0.29) is 11.7 Å². The van der Waals surface area contributed by atoms with Crippen LogP contribution in [0.3, 0.4) is 0 Å². The molecule has 0 bridgehead atoms. The van der Waals surface area contributed by atoms with Gasteiger partial charge in [0, 0.05) is 29.0 Å². The van der Waals surface area contributed by atoms with Crippen LogP contribution in [0.5, 0.6) is 17.2 Å². The van der Waals surface area contributed by atoms with E-state index >= 15 is 0 Å². The Hall–Kier alpha value is -4.06. The van der Waals surface area contributed by atoms with Gasteiger partial charge in [0.25, 0.3) is 0 Å². The Kier molecular flexibility index (Phi) is 5.48. The van der Waals surface area contributed by atoms with Crippen LogP contribution >= 0.6 is 0 Å². The third kappa shape index (κ3) is 4.03. The number of aromatic hydroxyl groups is 1. The van der Waals surface area contributed by atoms with E-state index in [2.05, 4.69) is 9.97 Å². The van der Waals surface area contributed by atoms with Gasteiger partial charge in [0.2, 0.25) is 5.95 Å². The van der Waals surface area contributed by atoms with Gasteiger partial charge in [-0.3, -0.25) is 0 Å². The summed E-state index contributed by atoms with van der Waals surface area (Å²) in [6.07, 6.45) is 1.63. The molecule has 150 valence electrons. The second-order valence-corrected chi connectivity index (χ2v) is 6.64. The van der Waals surface area contributed by atoms with Crippen LogP contribution in [0, 0.1) is 0 Å². The van der Waals surface area contributed by atoms with Crippen molar-refractivity contribution in [1.29, 1.82) is 0 Å². The standard InChI is InChI=1S/C24H21N3O3/c1-29-22-10-6-5-9-18(22)20-14-26-24(25)27-23(20)19-12-11-17(13-21(19)28)30-15-16-7-3-2-4-8-16/h2-14,28H,15H2,1H3,(H2,25,26,27). The summed E-state index contributed by atoms with van der Waals surface area (Å²) in [7, 11) is 1.60. The SMILES string of the molecule is COc1ccccc1-c1cnc(N)nc1-c1ccc(OCc2ccccc2)cc1O. The number of rotatable bonds is 6. The molecule has 0 unspecified atom stereocenters. The van der Waals surface area contributed by atoms with Crippen LogP contribution in [-0.2, 0) is 6.61 Å². The smallest absolute Gasteiger partial charge is 0.220 e. The molecule has 0 aliphatic rings. The molecule has 4 rings (SSSR count). The van der Waals surface area contributed by atoms with Gasteiger partial charge in [-0.25, -0.2) is 9.97 Å². The monoisotopic (exact) mass is 399 g/mol. The van der Waals surface area contributed by atoms with E-state index < -0.39 is 0 Å². The predicted molar refractivity (Wildman–Crippen MR) is 116 cm³/mol. The highest BCUT2D eigenvalue weighted by molar-refractivity contribution is 5.86. The van der Waals surface area contributed by atoms with Gasteiger partial charge in [-0.15, -0.1) is 0 Å². The number of nitrogens with two attached hydrogens (primary N) is 1. The lowest BCUT2D eigenvalue weighted by Gasteiger charge is -2.14. The van der Waals surface area contributed by atoms with Crippen LogP contribution in [-0.4, -0.2) is 22.2 Å². The van der Waals surface area contributed by atoms with Gasteiger partial charge in [-0.05, 0) is 23.8 Å². The van der Waals surface area contributed by atoms with E-state index in [9.17, 15) is 5.11 Å². The number of anilines is 1. The molecular formula is C24H21N3O3. The number of hydrogen-bond donors (Lipinski definition) is 2. The number of nitrogen functional groups attached to an aromatic ring is 1. The molecule has 30 heavy (non-hydrogen) atoms. The molecule has 0 fully saturated rings. The molecule has 6 nitrogen and oxygen atoms in total. The van der Waals surface area contributed by atoms with E-state index in [1.807, 2.05) is 54.6 Å². The summed E-state index contributed by atoms with van der Waals surface area (Å²) in [5.41, 5.74) is 9.44. The highest BCUT2D eigenvalue weighted by Gasteiger charge is 2.17. The quantitative estimate of drug-likeness (QED) is 0.489. The number of aromatic nitrogens is 2. The van der Waals surface area contributed by atoms with Gasteiger partial charge in [0.15, 0.2) is 0 Å². The molecule has 1 aromatic heterocycles. The summed E-state index contributed by atoms with van der Waals surface area (Å²) in [5.74, 6) is 1.39. The zero-order valence-electron chi connectivity index (χ0n) is 16.4. The molecule has 0 aliphatic heterocycles. The zero-order chi connectivity index (χ0) is 20.9. The molecule has 0 spiro atoms. The van der Waals surface area contributed by atoms with Crippen molar-refractivity contribution < 1.29 is 14.6 Å². The Balaban J connectivity index is 1.69. The minimum atomic E-state index is 0.0369. The Bertz CT molecular complexity index is 1160. The van der Waals surface area contributed by atoms with Crippen molar-refractivity contribution in [3.05, 3.63) is 84.6 Å². The largest absolute Gasteiger partial charge is 0.507 e. The van der Waals surface area contributed by atoms with Crippen LogP contribution < -0.4 is 15.2 Å². The molecule has 1 heterocycles. The van der Waals surface area contributed by atoms with E-state index in [1.165, 1.54) is 0 Å². The molecule has 6 heteroatoms. The highest BCUT2D eigenvalue weighted by Crippen LogP contribution is 2.40. The Morgan fingerprint density at radius 1 is 0.900 bits per heavy atom. The lowest BCUT2D eigenvalue weighted by molar-refractivity contribution is 0.304. The lowest BCUT2D eigenvalue weighted by atomic mass is 9.99. The lowest BCUT2D eigenvalue weighted by Crippen LogP contribution is -2.00. The maximum absolute atomic E-state index is 10.7. The number of para-hydroxylation sites is 1. The molecule has 3 N–H and O–H groups in total. The van der Waals surface area contributed by atoms with Crippen molar-refractivity contribution in [2.45, 2.75) is 6.61 Å². The van der Waals surface area contributed by atoms with Crippen molar-refractivity contribution in [3.63, 3.8) is 0 Å². The fraction of sp³-hybridized carbons (Fsp3) is 0.0833. The van der Waals surface area contributed by atoms with Crippen molar-refractivity contribution in [1.82, 2.24) is 9.97 Å². The molecule has 3 aromatic carbocycles. The van der Waals surface area contributed by atoms with Gasteiger partial charge >= 0.3 is 0 Å². The first-order valence-electron chi connectivity index (χ1n) is 9.41. The zero-order valence-corrected chi connectivity index (χ0v) is 16.4. The number of phenolic OH excluding ortho intramolecular Hbond substituents is 1. The second kappa shape index (κ2) is 8.53. The Labute approximate surface area is 174 Å². The molecule has 4 aromatic rings. The first-order valence-corrected chi connectivity index (χ1v) is 9.41. The first-order chi connectivity index (χ1) is 14.7. The van der Waals surface area contributed by atoms with Gasteiger partial charge in [0.05, 0.1) is 12.8 Å². The van der Waals surface area contributed by atoms with E-state index in [0.717, 1.165) is 11.1 Å². The number of nitrogens with zero attached hydrogens (tertiary/aromatic N) is 2. The summed E-state index contributed by atoms with van der Waals surface area (Å²) in [6.45, 7) is 0.409. The fourth-order valence-electron chi connectivity index (χ4n) is 3.21. The van der Waals surface area contributed by atoms with Crippen LogP contribution in [0.15, 0.2) is 79.0 Å². The summed E-state index contributed by atoms with van der Waals surface area (Å²) < 4.78 is 11.3. The maximum atomic E-state index is 10.7. The van der Waals surface area contributed by atoms with Crippen LogP contribution in [0.25, 0.3) is 22.4 Å². The van der Waals surface area contributed by atoms with Gasteiger partial charge in [-0.1, -0.05) is 48.5 Å². The summed E-state index contributed by atoms with van der Waals surface area (Å²) in [5, 5.41) is 10.7. The van der Waals surface area contributed by atoms with Crippen molar-refractivity contribution in [3.8, 4) is 39.6 Å². The van der Waals surface area contributed by atoms with Crippen LogP contribution in [0.4, 0.5) is 5.95 Å². The van der Waals surface area contributed by atoms with Crippen molar-refractivity contribution >= 4 is 5.95 Å². The third-order valence-corrected chi connectivity index (χ3v) is 4.68. The van der Waals surface area contributed by atoms with Crippen molar-refractivity contribution in [2.75, 3.05) is 12.8 Å². The number of ether oxygens (including phenoxy) is 2. The molecule has 0 amide bonds. The third-order valence-electron chi connectivity index (χ3n) is 4.68. The minimum absolute atomic E-state index is 0.0369. The summed E-state index contributed by atoms with van der Waals surface area (Å²) in [4.78, 5) is 8.52. The molecule has 0 saturated carbocycles. The number of hydrogen-bond acceptors (Lipinski definition) is 6. The van der Waals surface area contributed by atoms with Crippen molar-refractivity contribution in [2.24, 2.45) is 0 Å². The fourth-order valence-corrected chi connectivity index (χ4v) is 3.21. The topological polar surface area (TPSA) is 90.5 Å². The number of methoxy groups -OCH3 is 1. The van der Waals surface area contributed by atoms with E-state index in [0.29, 0.717) is 34.9 Å². The normalized spacial score (nSPS) is 10.6. The molecule has 0 radical (unpaired) electrons. The molecule has 0 saturated heterocycles. The van der Waals surface area contributed by atoms with Gasteiger partial charge < -0.3 is 20.3 Å². The summed E-state index contributed by atoms with van der Waals surface area (Å²) in [6, 6.07) is 22.5. The number of phenols is 1. The Morgan fingerprint density at radius 2 is 1.67 bits per heavy atom. The van der Waals surface area contributed by atoms with Crippen LogP contribution in [0.2, 0.25) is 0 Å². The maximum Gasteiger partial charge on any atom is 0.220 e. The van der Waals surface area contributed by atoms with Crippen LogP contribution in [0.1, 0.15) is 5.56 Å². The second-order valence-electron chi connectivity index (χ2n) is 6.64. The minimum Gasteiger partial charge on any atom is -0.507 e. The average molecular weight is 399 g/mol. The summed E-state index contributed by atoms with van der Waals surface area (Å²) >= 11 is 0. The molecule has 0 aliphatic carbocycles. The molecular weight excluding hydrogens is 378 g/mol. The average Bonchev–Trinajstić information content (AvgIpc) is 2.78. The van der Waals surface area contributed by atoms with E-state index in [4.69, 9.17) is 15.2 Å².